The monoisotopic (exact) mass is 126 g/mol. The zero-order valence-corrected chi connectivity index (χ0v) is 4.92. The lowest BCUT2D eigenvalue weighted by atomic mass is 10.6. The van der Waals surface area contributed by atoms with Crippen molar-refractivity contribution in [3.05, 3.63) is 11.9 Å². The van der Waals surface area contributed by atoms with E-state index in [9.17, 15) is 4.79 Å². The average molecular weight is 126 g/mol. The Labute approximate surface area is 51.9 Å². The highest BCUT2D eigenvalue weighted by Gasteiger charge is 1.95. The fourth-order valence-electron chi connectivity index (χ4n) is 0.480. The van der Waals surface area contributed by atoms with Crippen LogP contribution in [0.25, 0.3) is 0 Å². The maximum absolute atomic E-state index is 10.0. The molecule has 0 amide bonds. The molecular weight excluding hydrogens is 120 g/mol. The van der Waals surface area contributed by atoms with Crippen LogP contribution in [0.2, 0.25) is 0 Å². The van der Waals surface area contributed by atoms with Gasteiger partial charge in [-0.25, -0.2) is 4.98 Å². The van der Waals surface area contributed by atoms with Crippen molar-refractivity contribution in [1.29, 1.82) is 0 Å². The summed E-state index contributed by atoms with van der Waals surface area (Å²) >= 11 is 0. The lowest BCUT2D eigenvalue weighted by molar-refractivity contribution is 0.111. The summed E-state index contributed by atoms with van der Waals surface area (Å²) in [6.07, 6.45) is 2.08. The molecule has 0 bridgehead atoms. The van der Waals surface area contributed by atoms with Crippen LogP contribution in [0.15, 0.2) is 6.20 Å². The SMILES string of the molecule is COc1ncc(C=O)[nH]1. The highest BCUT2D eigenvalue weighted by molar-refractivity contribution is 5.71. The third-order valence-electron chi connectivity index (χ3n) is 0.892. The van der Waals surface area contributed by atoms with Gasteiger partial charge in [-0.3, -0.25) is 4.79 Å². The quantitative estimate of drug-likeness (QED) is 0.577. The first-order valence-corrected chi connectivity index (χ1v) is 2.41. The first-order valence-electron chi connectivity index (χ1n) is 2.41. The number of rotatable bonds is 2. The molecule has 0 spiro atoms. The van der Waals surface area contributed by atoms with Crippen LogP contribution in [0.5, 0.6) is 6.01 Å². The summed E-state index contributed by atoms with van der Waals surface area (Å²) in [6.45, 7) is 0. The van der Waals surface area contributed by atoms with Gasteiger partial charge in [-0.05, 0) is 0 Å². The molecule has 1 rings (SSSR count). The number of aromatic amines is 1. The Morgan fingerprint density at radius 3 is 3.00 bits per heavy atom. The summed E-state index contributed by atoms with van der Waals surface area (Å²) in [5, 5.41) is 0. The number of H-pyrrole nitrogens is 1. The molecule has 4 heteroatoms. The van der Waals surface area contributed by atoms with Crippen LogP contribution in [0, 0.1) is 0 Å². The Bertz CT molecular complexity index is 206. The minimum atomic E-state index is 0.358. The lowest BCUT2D eigenvalue weighted by Gasteiger charge is -1.86. The van der Waals surface area contributed by atoms with Crippen molar-refractivity contribution in [2.75, 3.05) is 7.11 Å². The second kappa shape index (κ2) is 2.30. The first kappa shape index (κ1) is 5.81. The molecule has 0 aliphatic carbocycles. The van der Waals surface area contributed by atoms with Gasteiger partial charge in [-0.1, -0.05) is 0 Å². The molecule has 0 fully saturated rings. The molecule has 1 aromatic heterocycles. The van der Waals surface area contributed by atoms with E-state index in [1.54, 1.807) is 0 Å². The number of methoxy groups -OCH3 is 1. The molecule has 1 heterocycles. The van der Waals surface area contributed by atoms with E-state index in [0.29, 0.717) is 18.0 Å². The van der Waals surface area contributed by atoms with Gasteiger partial charge in [0.25, 0.3) is 6.01 Å². The molecule has 1 N–H and O–H groups in total. The van der Waals surface area contributed by atoms with Gasteiger partial charge in [0.1, 0.15) is 5.69 Å². The summed E-state index contributed by atoms with van der Waals surface area (Å²) in [5.41, 5.74) is 0.423. The maximum atomic E-state index is 10.0. The Morgan fingerprint density at radius 1 is 1.89 bits per heavy atom. The molecule has 0 saturated carbocycles. The zero-order chi connectivity index (χ0) is 6.69. The predicted octanol–water partition coefficient (Wildman–Crippen LogP) is 0.231. The summed E-state index contributed by atoms with van der Waals surface area (Å²) in [7, 11) is 1.48. The van der Waals surface area contributed by atoms with Crippen LogP contribution < -0.4 is 4.74 Å². The Morgan fingerprint density at radius 2 is 2.67 bits per heavy atom. The normalized spacial score (nSPS) is 9.00. The van der Waals surface area contributed by atoms with Crippen LogP contribution in [-0.4, -0.2) is 23.4 Å². The van der Waals surface area contributed by atoms with Gasteiger partial charge in [0, 0.05) is 0 Å². The van der Waals surface area contributed by atoms with Crippen LogP contribution in [0.3, 0.4) is 0 Å². The van der Waals surface area contributed by atoms with E-state index in [0.717, 1.165) is 0 Å². The number of imidazole rings is 1. The highest BCUT2D eigenvalue weighted by Crippen LogP contribution is 1.99. The fraction of sp³-hybridized carbons (Fsp3) is 0.200. The standard InChI is InChI=1S/C5H6N2O2/c1-9-5-6-2-4(3-8)7-5/h2-3H,1H3,(H,6,7). The van der Waals surface area contributed by atoms with Gasteiger partial charge in [-0.2, -0.15) is 0 Å². The van der Waals surface area contributed by atoms with E-state index >= 15 is 0 Å². The number of hydrogen-bond donors (Lipinski definition) is 1. The number of carbonyl (C=O) groups is 1. The molecule has 48 valence electrons. The Kier molecular flexibility index (Phi) is 1.48. The van der Waals surface area contributed by atoms with Gasteiger partial charge in [0.2, 0.25) is 0 Å². The molecule has 4 nitrogen and oxygen atoms in total. The summed E-state index contributed by atoms with van der Waals surface area (Å²) < 4.78 is 4.67. The molecular formula is C5H6N2O2. The van der Waals surface area contributed by atoms with Gasteiger partial charge in [-0.15, -0.1) is 0 Å². The number of nitrogens with one attached hydrogen (secondary N) is 1. The zero-order valence-electron chi connectivity index (χ0n) is 4.92. The average Bonchev–Trinajstić information content (AvgIpc) is 2.34. The van der Waals surface area contributed by atoms with E-state index in [4.69, 9.17) is 0 Å². The second-order valence-electron chi connectivity index (χ2n) is 1.47. The van der Waals surface area contributed by atoms with E-state index in [1.165, 1.54) is 13.3 Å². The summed E-state index contributed by atoms with van der Waals surface area (Å²) in [6, 6.07) is 0.358. The van der Waals surface area contributed by atoms with Crippen molar-refractivity contribution in [2.45, 2.75) is 0 Å². The summed E-state index contributed by atoms with van der Waals surface area (Å²) in [5.74, 6) is 0. The number of nitrogens with zero attached hydrogens (tertiary/aromatic N) is 1. The number of carbonyl (C=O) groups excluding carboxylic acids is 1. The molecule has 0 unspecified atom stereocenters. The second-order valence-corrected chi connectivity index (χ2v) is 1.47. The highest BCUT2D eigenvalue weighted by atomic mass is 16.5. The summed E-state index contributed by atoms with van der Waals surface area (Å²) in [4.78, 5) is 16.3. The van der Waals surface area contributed by atoms with E-state index in [-0.39, 0.29) is 0 Å². The fourth-order valence-corrected chi connectivity index (χ4v) is 0.480. The Balaban J connectivity index is 2.86. The predicted molar refractivity (Wildman–Crippen MR) is 30.5 cm³/mol. The molecule has 0 radical (unpaired) electrons. The first-order chi connectivity index (χ1) is 4.36. The van der Waals surface area contributed by atoms with Crippen molar-refractivity contribution in [3.8, 4) is 6.01 Å². The van der Waals surface area contributed by atoms with Crippen molar-refractivity contribution in [3.63, 3.8) is 0 Å². The van der Waals surface area contributed by atoms with Crippen LogP contribution in [0.4, 0.5) is 0 Å². The molecule has 0 aliphatic heterocycles. The van der Waals surface area contributed by atoms with Crippen molar-refractivity contribution in [1.82, 2.24) is 9.97 Å². The number of aldehydes is 1. The smallest absolute Gasteiger partial charge is 0.293 e. The van der Waals surface area contributed by atoms with Gasteiger partial charge in [0.15, 0.2) is 6.29 Å². The van der Waals surface area contributed by atoms with E-state index in [2.05, 4.69) is 14.7 Å². The molecule has 0 saturated heterocycles. The topological polar surface area (TPSA) is 55.0 Å². The third-order valence-corrected chi connectivity index (χ3v) is 0.892. The van der Waals surface area contributed by atoms with Gasteiger partial charge < -0.3 is 9.72 Å². The molecule has 0 atom stereocenters. The van der Waals surface area contributed by atoms with E-state index < -0.39 is 0 Å². The number of aromatic nitrogens is 2. The third kappa shape index (κ3) is 1.07. The molecule has 0 aliphatic rings. The van der Waals surface area contributed by atoms with Crippen LogP contribution in [0.1, 0.15) is 10.5 Å². The number of ether oxygens (including phenoxy) is 1. The minimum absolute atomic E-state index is 0.358. The van der Waals surface area contributed by atoms with E-state index in [1.807, 2.05) is 0 Å². The van der Waals surface area contributed by atoms with Crippen LogP contribution >= 0.6 is 0 Å². The molecule has 9 heavy (non-hydrogen) atoms. The molecule has 0 aromatic carbocycles. The van der Waals surface area contributed by atoms with Crippen molar-refractivity contribution >= 4 is 6.29 Å². The Hall–Kier alpha value is -1.32. The van der Waals surface area contributed by atoms with Gasteiger partial charge in [0.05, 0.1) is 13.3 Å². The van der Waals surface area contributed by atoms with Crippen molar-refractivity contribution in [2.24, 2.45) is 0 Å². The van der Waals surface area contributed by atoms with Crippen LogP contribution in [-0.2, 0) is 0 Å². The van der Waals surface area contributed by atoms with Crippen molar-refractivity contribution < 1.29 is 9.53 Å². The lowest BCUT2D eigenvalue weighted by Crippen LogP contribution is -1.84. The maximum Gasteiger partial charge on any atom is 0.293 e. The van der Waals surface area contributed by atoms with Gasteiger partial charge >= 0.3 is 0 Å². The largest absolute Gasteiger partial charge is 0.468 e. The number of hydrogen-bond acceptors (Lipinski definition) is 3. The molecule has 1 aromatic rings. The minimum Gasteiger partial charge on any atom is -0.468 e.